The number of likely N-dealkylation sites (tertiary alicyclic amines) is 1. The summed E-state index contributed by atoms with van der Waals surface area (Å²) in [5.74, 6) is 0.0847. The van der Waals surface area contributed by atoms with Crippen LogP contribution in [0.4, 0.5) is 0 Å². The van der Waals surface area contributed by atoms with Crippen LogP contribution in [0.1, 0.15) is 24.8 Å². The van der Waals surface area contributed by atoms with Gasteiger partial charge in [0, 0.05) is 13.1 Å². The highest BCUT2D eigenvalue weighted by atomic mass is 16.5. The maximum absolute atomic E-state index is 11.0. The number of carbonyl (C=O) groups is 1. The maximum Gasteiger partial charge on any atom is 0.307 e. The molecule has 1 saturated heterocycles. The van der Waals surface area contributed by atoms with Crippen molar-refractivity contribution in [2.75, 3.05) is 26.2 Å². The Kier molecular flexibility index (Phi) is 5.41. The molecule has 2 rings (SSSR count). The molecule has 1 aliphatic rings. The SMILES string of the molecule is Cc1ccccc1OCCCN1CCCC(C(=O)O)C1. The molecule has 0 amide bonds. The van der Waals surface area contributed by atoms with Gasteiger partial charge in [-0.15, -0.1) is 0 Å². The number of carboxylic acids is 1. The lowest BCUT2D eigenvalue weighted by molar-refractivity contribution is -0.143. The second-order valence-corrected chi connectivity index (χ2v) is 5.45. The average Bonchev–Trinajstić information content (AvgIpc) is 2.45. The molecule has 1 unspecified atom stereocenters. The van der Waals surface area contributed by atoms with Crippen molar-refractivity contribution < 1.29 is 14.6 Å². The number of piperidine rings is 1. The number of aliphatic carboxylic acids is 1. The normalized spacial score (nSPS) is 19.8. The zero-order valence-corrected chi connectivity index (χ0v) is 12.0. The van der Waals surface area contributed by atoms with Crippen LogP contribution >= 0.6 is 0 Å². The fourth-order valence-corrected chi connectivity index (χ4v) is 2.65. The van der Waals surface area contributed by atoms with Crippen molar-refractivity contribution in [2.24, 2.45) is 5.92 Å². The molecule has 0 bridgehead atoms. The number of hydrogen-bond donors (Lipinski definition) is 1. The van der Waals surface area contributed by atoms with Crippen LogP contribution in [0.15, 0.2) is 24.3 Å². The van der Waals surface area contributed by atoms with Gasteiger partial charge in [0.2, 0.25) is 0 Å². The van der Waals surface area contributed by atoms with Crippen LogP contribution < -0.4 is 4.74 Å². The van der Waals surface area contributed by atoms with Gasteiger partial charge < -0.3 is 14.7 Å². The van der Waals surface area contributed by atoms with E-state index >= 15 is 0 Å². The predicted octanol–water partition coefficient (Wildman–Crippen LogP) is 2.56. The smallest absolute Gasteiger partial charge is 0.307 e. The number of rotatable bonds is 6. The highest BCUT2D eigenvalue weighted by Gasteiger charge is 2.24. The first-order chi connectivity index (χ1) is 9.66. The van der Waals surface area contributed by atoms with Crippen molar-refractivity contribution in [3.8, 4) is 5.75 Å². The zero-order valence-electron chi connectivity index (χ0n) is 12.0. The molecule has 20 heavy (non-hydrogen) atoms. The van der Waals surface area contributed by atoms with E-state index in [9.17, 15) is 4.79 Å². The molecule has 0 aliphatic carbocycles. The minimum absolute atomic E-state index is 0.193. The first-order valence-corrected chi connectivity index (χ1v) is 7.30. The molecule has 1 fully saturated rings. The van der Waals surface area contributed by atoms with Crippen molar-refractivity contribution in [1.82, 2.24) is 4.90 Å². The average molecular weight is 277 g/mol. The standard InChI is InChI=1S/C16H23NO3/c1-13-6-2-3-8-15(13)20-11-5-10-17-9-4-7-14(12-17)16(18)19/h2-3,6,8,14H,4-5,7,9-12H2,1H3,(H,18,19). The van der Waals surface area contributed by atoms with Crippen LogP contribution in [0.2, 0.25) is 0 Å². The van der Waals surface area contributed by atoms with Crippen LogP contribution in [0.5, 0.6) is 5.75 Å². The number of aryl methyl sites for hydroxylation is 1. The molecule has 1 aromatic rings. The molecule has 1 aliphatic heterocycles. The summed E-state index contributed by atoms with van der Waals surface area (Å²) in [6.45, 7) is 5.32. The molecule has 1 atom stereocenters. The van der Waals surface area contributed by atoms with Crippen molar-refractivity contribution in [2.45, 2.75) is 26.2 Å². The minimum atomic E-state index is -0.661. The number of nitrogens with zero attached hydrogens (tertiary/aromatic N) is 1. The van der Waals surface area contributed by atoms with Crippen molar-refractivity contribution in [3.63, 3.8) is 0 Å². The highest BCUT2D eigenvalue weighted by Crippen LogP contribution is 2.18. The summed E-state index contributed by atoms with van der Waals surface area (Å²) < 4.78 is 5.76. The van der Waals surface area contributed by atoms with Gasteiger partial charge in [0.15, 0.2) is 0 Å². The van der Waals surface area contributed by atoms with E-state index in [1.54, 1.807) is 0 Å². The molecule has 0 radical (unpaired) electrons. The Morgan fingerprint density at radius 2 is 2.25 bits per heavy atom. The quantitative estimate of drug-likeness (QED) is 0.812. The van der Waals surface area contributed by atoms with E-state index in [0.29, 0.717) is 13.2 Å². The fraction of sp³-hybridized carbons (Fsp3) is 0.562. The molecule has 0 saturated carbocycles. The lowest BCUT2D eigenvalue weighted by Crippen LogP contribution is -2.39. The summed E-state index contributed by atoms with van der Waals surface area (Å²) in [6.07, 6.45) is 2.72. The third-order valence-corrected chi connectivity index (χ3v) is 3.82. The van der Waals surface area contributed by atoms with E-state index in [1.165, 1.54) is 0 Å². The molecule has 1 heterocycles. The van der Waals surface area contributed by atoms with Crippen LogP contribution in [-0.4, -0.2) is 42.2 Å². The maximum atomic E-state index is 11.0. The van der Waals surface area contributed by atoms with Crippen molar-refractivity contribution in [3.05, 3.63) is 29.8 Å². The van der Waals surface area contributed by atoms with Gasteiger partial charge in [-0.3, -0.25) is 4.79 Å². The summed E-state index contributed by atoms with van der Waals surface area (Å²) in [5, 5.41) is 9.06. The Labute approximate surface area is 120 Å². The number of hydrogen-bond acceptors (Lipinski definition) is 3. The molecular weight excluding hydrogens is 254 g/mol. The van der Waals surface area contributed by atoms with Crippen molar-refractivity contribution in [1.29, 1.82) is 0 Å². The summed E-state index contributed by atoms with van der Waals surface area (Å²) in [5.41, 5.74) is 1.15. The van der Waals surface area contributed by atoms with Gasteiger partial charge in [0.1, 0.15) is 5.75 Å². The highest BCUT2D eigenvalue weighted by molar-refractivity contribution is 5.70. The Bertz CT molecular complexity index is 447. The van der Waals surface area contributed by atoms with Gasteiger partial charge in [-0.05, 0) is 44.4 Å². The Hall–Kier alpha value is -1.55. The molecule has 0 spiro atoms. The molecular formula is C16H23NO3. The third-order valence-electron chi connectivity index (χ3n) is 3.82. The summed E-state index contributed by atoms with van der Waals surface area (Å²) in [6, 6.07) is 8.00. The van der Waals surface area contributed by atoms with Gasteiger partial charge in [-0.25, -0.2) is 0 Å². The summed E-state index contributed by atoms with van der Waals surface area (Å²) in [4.78, 5) is 13.2. The molecule has 0 aromatic heterocycles. The molecule has 4 heteroatoms. The lowest BCUT2D eigenvalue weighted by Gasteiger charge is -2.30. The summed E-state index contributed by atoms with van der Waals surface area (Å²) in [7, 11) is 0. The molecule has 1 N–H and O–H groups in total. The van der Waals surface area contributed by atoms with E-state index in [4.69, 9.17) is 9.84 Å². The second-order valence-electron chi connectivity index (χ2n) is 5.45. The second kappa shape index (κ2) is 7.29. The van der Waals surface area contributed by atoms with E-state index in [1.807, 2.05) is 31.2 Å². The van der Waals surface area contributed by atoms with Crippen LogP contribution in [0.3, 0.4) is 0 Å². The topological polar surface area (TPSA) is 49.8 Å². The predicted molar refractivity (Wildman–Crippen MR) is 78.1 cm³/mol. The largest absolute Gasteiger partial charge is 0.493 e. The number of para-hydroxylation sites is 1. The molecule has 1 aromatic carbocycles. The number of benzene rings is 1. The van der Waals surface area contributed by atoms with Gasteiger partial charge in [0.05, 0.1) is 12.5 Å². The number of ether oxygens (including phenoxy) is 1. The fourth-order valence-electron chi connectivity index (χ4n) is 2.65. The summed E-state index contributed by atoms with van der Waals surface area (Å²) >= 11 is 0. The zero-order chi connectivity index (χ0) is 14.4. The van der Waals surface area contributed by atoms with Crippen molar-refractivity contribution >= 4 is 5.97 Å². The van der Waals surface area contributed by atoms with E-state index in [0.717, 1.165) is 43.7 Å². The Morgan fingerprint density at radius 1 is 1.45 bits per heavy atom. The van der Waals surface area contributed by atoms with Crippen LogP contribution in [0, 0.1) is 12.8 Å². The van der Waals surface area contributed by atoms with E-state index < -0.39 is 5.97 Å². The first kappa shape index (κ1) is 14.9. The number of carboxylic acid groups (broad SMARTS) is 1. The van der Waals surface area contributed by atoms with E-state index in [-0.39, 0.29) is 5.92 Å². The monoisotopic (exact) mass is 277 g/mol. The van der Waals surface area contributed by atoms with E-state index in [2.05, 4.69) is 4.90 Å². The van der Waals surface area contributed by atoms with Gasteiger partial charge in [0.25, 0.3) is 0 Å². The Balaban J connectivity index is 1.68. The minimum Gasteiger partial charge on any atom is -0.493 e. The van der Waals surface area contributed by atoms with Gasteiger partial charge in [-0.2, -0.15) is 0 Å². The lowest BCUT2D eigenvalue weighted by atomic mass is 9.98. The van der Waals surface area contributed by atoms with Gasteiger partial charge in [-0.1, -0.05) is 18.2 Å². The van der Waals surface area contributed by atoms with Crippen LogP contribution in [0.25, 0.3) is 0 Å². The molecule has 110 valence electrons. The third kappa shape index (κ3) is 4.23. The van der Waals surface area contributed by atoms with Gasteiger partial charge >= 0.3 is 5.97 Å². The Morgan fingerprint density at radius 3 is 3.00 bits per heavy atom. The first-order valence-electron chi connectivity index (χ1n) is 7.30. The van der Waals surface area contributed by atoms with Crippen LogP contribution in [-0.2, 0) is 4.79 Å². The molecule has 4 nitrogen and oxygen atoms in total.